The zero-order chi connectivity index (χ0) is 7.68. The number of hydrogen-bond acceptors (Lipinski definition) is 3. The maximum atomic E-state index is 5.14. The van der Waals surface area contributed by atoms with Crippen LogP contribution in [-0.2, 0) is 9.47 Å². The second-order valence-electron chi connectivity index (χ2n) is 3.33. The van der Waals surface area contributed by atoms with Crippen LogP contribution in [0.1, 0.15) is 6.42 Å². The molecule has 0 aliphatic carbocycles. The van der Waals surface area contributed by atoms with Gasteiger partial charge in [-0.15, -0.1) is 0 Å². The Morgan fingerprint density at radius 3 is 2.73 bits per heavy atom. The van der Waals surface area contributed by atoms with E-state index in [1.807, 2.05) is 0 Å². The summed E-state index contributed by atoms with van der Waals surface area (Å²) in [4.78, 5) is 2.49. The van der Waals surface area contributed by atoms with Crippen LogP contribution in [0.5, 0.6) is 0 Å². The summed E-state index contributed by atoms with van der Waals surface area (Å²) in [5.74, 6) is 0. The Labute approximate surface area is 67.3 Å². The van der Waals surface area contributed by atoms with Gasteiger partial charge >= 0.3 is 0 Å². The van der Waals surface area contributed by atoms with Crippen molar-refractivity contribution in [3.05, 3.63) is 0 Å². The van der Waals surface area contributed by atoms with E-state index in [-0.39, 0.29) is 0 Å². The van der Waals surface area contributed by atoms with Crippen molar-refractivity contribution in [2.45, 2.75) is 18.5 Å². The van der Waals surface area contributed by atoms with Gasteiger partial charge in [-0.1, -0.05) is 0 Å². The standard InChI is InChI=1S/C8H15NO2/c1-10-4-7-2-3-9(7)8-5-11-6-8/h7-8H,2-6H2,1H3/t7-/m0/s1. The van der Waals surface area contributed by atoms with Gasteiger partial charge in [-0.25, -0.2) is 0 Å². The molecule has 0 spiro atoms. The summed E-state index contributed by atoms with van der Waals surface area (Å²) in [6.45, 7) is 3.99. The molecule has 0 bridgehead atoms. The summed E-state index contributed by atoms with van der Waals surface area (Å²) in [7, 11) is 1.77. The normalized spacial score (nSPS) is 33.0. The highest BCUT2D eigenvalue weighted by atomic mass is 16.5. The predicted octanol–water partition coefficient (Wildman–Crippen LogP) is 0.106. The van der Waals surface area contributed by atoms with Crippen LogP contribution < -0.4 is 0 Å². The Morgan fingerprint density at radius 1 is 1.55 bits per heavy atom. The third-order valence-corrected chi connectivity index (χ3v) is 2.64. The second kappa shape index (κ2) is 3.09. The molecule has 0 unspecified atom stereocenters. The Hall–Kier alpha value is -0.120. The molecular weight excluding hydrogens is 142 g/mol. The van der Waals surface area contributed by atoms with Gasteiger partial charge in [-0.05, 0) is 6.42 Å². The molecule has 1 atom stereocenters. The van der Waals surface area contributed by atoms with Crippen molar-refractivity contribution in [3.63, 3.8) is 0 Å². The van der Waals surface area contributed by atoms with Gasteiger partial charge in [-0.3, -0.25) is 4.90 Å². The van der Waals surface area contributed by atoms with Crippen molar-refractivity contribution in [2.75, 3.05) is 33.5 Å². The molecule has 0 aromatic rings. The van der Waals surface area contributed by atoms with E-state index < -0.39 is 0 Å². The van der Waals surface area contributed by atoms with Crippen LogP contribution in [-0.4, -0.2) is 50.5 Å². The molecule has 2 heterocycles. The lowest BCUT2D eigenvalue weighted by atomic mass is 9.99. The minimum absolute atomic E-state index is 0.675. The molecule has 2 aliphatic rings. The first-order valence-corrected chi connectivity index (χ1v) is 4.24. The molecule has 0 amide bonds. The first-order chi connectivity index (χ1) is 5.42. The molecule has 0 aromatic carbocycles. The minimum atomic E-state index is 0.675. The topological polar surface area (TPSA) is 21.7 Å². The molecule has 0 aromatic heterocycles. The van der Waals surface area contributed by atoms with E-state index >= 15 is 0 Å². The number of nitrogens with zero attached hydrogens (tertiary/aromatic N) is 1. The van der Waals surface area contributed by atoms with Gasteiger partial charge in [0, 0.05) is 19.7 Å². The van der Waals surface area contributed by atoms with E-state index in [1.165, 1.54) is 13.0 Å². The van der Waals surface area contributed by atoms with E-state index in [9.17, 15) is 0 Å². The van der Waals surface area contributed by atoms with Crippen molar-refractivity contribution in [1.82, 2.24) is 4.90 Å². The van der Waals surface area contributed by atoms with Crippen LogP contribution in [0.25, 0.3) is 0 Å². The summed E-state index contributed by atoms with van der Waals surface area (Å²) >= 11 is 0. The second-order valence-corrected chi connectivity index (χ2v) is 3.33. The summed E-state index contributed by atoms with van der Waals surface area (Å²) in [6.07, 6.45) is 1.30. The SMILES string of the molecule is COC[C@@H]1CCN1C1COC1. The van der Waals surface area contributed by atoms with Crippen molar-refractivity contribution >= 4 is 0 Å². The third-order valence-electron chi connectivity index (χ3n) is 2.64. The van der Waals surface area contributed by atoms with Gasteiger partial charge in [0.25, 0.3) is 0 Å². The zero-order valence-corrected chi connectivity index (χ0v) is 6.95. The average Bonchev–Trinajstić information content (AvgIpc) is 1.89. The first kappa shape index (κ1) is 7.53. The van der Waals surface area contributed by atoms with Gasteiger partial charge in [0.15, 0.2) is 0 Å². The van der Waals surface area contributed by atoms with E-state index in [0.717, 1.165) is 19.8 Å². The molecule has 3 nitrogen and oxygen atoms in total. The number of rotatable bonds is 3. The molecule has 0 saturated carbocycles. The molecule has 11 heavy (non-hydrogen) atoms. The lowest BCUT2D eigenvalue weighted by molar-refractivity contribution is -0.119. The molecule has 2 rings (SSSR count). The highest BCUT2D eigenvalue weighted by molar-refractivity contribution is 4.90. The van der Waals surface area contributed by atoms with E-state index in [0.29, 0.717) is 12.1 Å². The smallest absolute Gasteiger partial charge is 0.0645 e. The Balaban J connectivity index is 1.76. The fraction of sp³-hybridized carbons (Fsp3) is 1.00. The number of likely N-dealkylation sites (tertiary alicyclic amines) is 1. The molecule has 3 heteroatoms. The number of hydrogen-bond donors (Lipinski definition) is 0. The molecule has 2 aliphatic heterocycles. The highest BCUT2D eigenvalue weighted by Gasteiger charge is 2.37. The van der Waals surface area contributed by atoms with Crippen LogP contribution in [0.15, 0.2) is 0 Å². The molecule has 2 fully saturated rings. The lowest BCUT2D eigenvalue weighted by Crippen LogP contribution is -2.61. The Kier molecular flexibility index (Phi) is 2.11. The van der Waals surface area contributed by atoms with Gasteiger partial charge in [0.05, 0.1) is 25.9 Å². The fourth-order valence-electron chi connectivity index (χ4n) is 1.73. The van der Waals surface area contributed by atoms with Gasteiger partial charge in [0.2, 0.25) is 0 Å². The van der Waals surface area contributed by atoms with Crippen molar-refractivity contribution in [2.24, 2.45) is 0 Å². The highest BCUT2D eigenvalue weighted by Crippen LogP contribution is 2.24. The summed E-state index contributed by atoms with van der Waals surface area (Å²) in [5.41, 5.74) is 0. The van der Waals surface area contributed by atoms with Crippen LogP contribution in [0.4, 0.5) is 0 Å². The molecule has 64 valence electrons. The van der Waals surface area contributed by atoms with Crippen molar-refractivity contribution in [3.8, 4) is 0 Å². The first-order valence-electron chi connectivity index (χ1n) is 4.24. The van der Waals surface area contributed by atoms with Crippen molar-refractivity contribution < 1.29 is 9.47 Å². The average molecular weight is 157 g/mol. The van der Waals surface area contributed by atoms with Gasteiger partial charge in [0.1, 0.15) is 0 Å². The van der Waals surface area contributed by atoms with Crippen LogP contribution >= 0.6 is 0 Å². The van der Waals surface area contributed by atoms with E-state index in [4.69, 9.17) is 9.47 Å². The van der Waals surface area contributed by atoms with Crippen LogP contribution in [0, 0.1) is 0 Å². The lowest BCUT2D eigenvalue weighted by Gasteiger charge is -2.48. The quantitative estimate of drug-likeness (QED) is 0.580. The fourth-order valence-corrected chi connectivity index (χ4v) is 1.73. The maximum Gasteiger partial charge on any atom is 0.0645 e. The van der Waals surface area contributed by atoms with Crippen molar-refractivity contribution in [1.29, 1.82) is 0 Å². The van der Waals surface area contributed by atoms with E-state index in [2.05, 4.69) is 4.90 Å². The maximum absolute atomic E-state index is 5.14. The number of methoxy groups -OCH3 is 1. The predicted molar refractivity (Wildman–Crippen MR) is 41.6 cm³/mol. The summed E-state index contributed by atoms with van der Waals surface area (Å²) in [6, 6.07) is 1.37. The third kappa shape index (κ3) is 1.28. The minimum Gasteiger partial charge on any atom is -0.383 e. The largest absolute Gasteiger partial charge is 0.383 e. The molecule has 2 saturated heterocycles. The summed E-state index contributed by atoms with van der Waals surface area (Å²) in [5, 5.41) is 0. The molecular formula is C8H15NO2. The molecule has 0 radical (unpaired) electrons. The number of ether oxygens (including phenoxy) is 2. The molecule has 0 N–H and O–H groups in total. The monoisotopic (exact) mass is 157 g/mol. The summed E-state index contributed by atoms with van der Waals surface area (Å²) < 4.78 is 10.2. The zero-order valence-electron chi connectivity index (χ0n) is 6.95. The van der Waals surface area contributed by atoms with E-state index in [1.54, 1.807) is 7.11 Å². The van der Waals surface area contributed by atoms with Gasteiger partial charge in [-0.2, -0.15) is 0 Å². The Bertz CT molecular complexity index is 136. The van der Waals surface area contributed by atoms with Crippen LogP contribution in [0.2, 0.25) is 0 Å². The van der Waals surface area contributed by atoms with Gasteiger partial charge < -0.3 is 9.47 Å². The Morgan fingerprint density at radius 2 is 2.36 bits per heavy atom. The van der Waals surface area contributed by atoms with Crippen LogP contribution in [0.3, 0.4) is 0 Å².